The van der Waals surface area contributed by atoms with Gasteiger partial charge in [0, 0.05) is 29.7 Å². The van der Waals surface area contributed by atoms with E-state index < -0.39 is 0 Å². The summed E-state index contributed by atoms with van der Waals surface area (Å²) in [5, 5.41) is 5.14. The Morgan fingerprint density at radius 1 is 1.09 bits per heavy atom. The average Bonchev–Trinajstić information content (AvgIpc) is 3.19. The highest BCUT2D eigenvalue weighted by Gasteiger charge is 2.27. The number of aromatic nitrogens is 2. The molecule has 0 amide bonds. The van der Waals surface area contributed by atoms with E-state index in [1.807, 2.05) is 23.6 Å². The van der Waals surface area contributed by atoms with Gasteiger partial charge in [-0.15, -0.1) is 11.3 Å². The van der Waals surface area contributed by atoms with E-state index in [1.165, 1.54) is 60.5 Å². The summed E-state index contributed by atoms with van der Waals surface area (Å²) in [6.45, 7) is 0.919. The first-order valence-corrected chi connectivity index (χ1v) is 9.81. The molecule has 2 aliphatic rings. The zero-order valence-electron chi connectivity index (χ0n) is 13.6. The quantitative estimate of drug-likeness (QED) is 0.826. The summed E-state index contributed by atoms with van der Waals surface area (Å²) in [7, 11) is 0. The van der Waals surface area contributed by atoms with Crippen molar-refractivity contribution in [1.29, 1.82) is 0 Å². The van der Waals surface area contributed by atoms with Crippen molar-refractivity contribution in [3.8, 4) is 0 Å². The summed E-state index contributed by atoms with van der Waals surface area (Å²) < 4.78 is 0. The van der Waals surface area contributed by atoms with Crippen LogP contribution in [-0.2, 0) is 6.54 Å². The van der Waals surface area contributed by atoms with E-state index in [0.29, 0.717) is 6.04 Å². The molecule has 0 bridgehead atoms. The van der Waals surface area contributed by atoms with Crippen LogP contribution in [0.3, 0.4) is 0 Å². The summed E-state index contributed by atoms with van der Waals surface area (Å²) in [6, 6.07) is 6.66. The largest absolute Gasteiger partial charge is 0.303 e. The molecule has 4 rings (SSSR count). The molecule has 0 radical (unpaired) electrons. The number of hydrogen-bond donors (Lipinski definition) is 1. The summed E-state index contributed by atoms with van der Waals surface area (Å²) in [5.74, 6) is 1.47. The molecular formula is C19H25N3S. The predicted octanol–water partition coefficient (Wildman–Crippen LogP) is 4.83. The highest BCUT2D eigenvalue weighted by atomic mass is 32.1. The van der Waals surface area contributed by atoms with E-state index in [1.54, 1.807) is 0 Å². The Kier molecular flexibility index (Phi) is 4.72. The van der Waals surface area contributed by atoms with Gasteiger partial charge in [0.2, 0.25) is 0 Å². The van der Waals surface area contributed by atoms with Crippen molar-refractivity contribution in [2.24, 2.45) is 5.92 Å². The predicted molar refractivity (Wildman–Crippen MR) is 94.5 cm³/mol. The maximum atomic E-state index is 4.65. The zero-order valence-corrected chi connectivity index (χ0v) is 14.4. The smallest absolute Gasteiger partial charge is 0.0959 e. The number of pyridine rings is 1. The van der Waals surface area contributed by atoms with Crippen LogP contribution in [0.25, 0.3) is 0 Å². The first kappa shape index (κ1) is 15.3. The zero-order chi connectivity index (χ0) is 15.5. The third-order valence-corrected chi connectivity index (χ3v) is 6.56. The molecule has 1 atom stereocenters. The van der Waals surface area contributed by atoms with Crippen LogP contribution in [0.1, 0.15) is 72.5 Å². The lowest BCUT2D eigenvalue weighted by atomic mass is 9.86. The van der Waals surface area contributed by atoms with Crippen LogP contribution in [-0.4, -0.2) is 9.97 Å². The third kappa shape index (κ3) is 3.48. The summed E-state index contributed by atoms with van der Waals surface area (Å²) >= 11 is 1.90. The number of rotatable bonds is 6. The fraction of sp³-hybridized carbons (Fsp3) is 0.579. The van der Waals surface area contributed by atoms with Gasteiger partial charge in [0.25, 0.3) is 0 Å². The van der Waals surface area contributed by atoms with E-state index in [2.05, 4.69) is 33.6 Å². The maximum Gasteiger partial charge on any atom is 0.0959 e. The fourth-order valence-corrected chi connectivity index (χ4v) is 4.86. The molecule has 4 heteroatoms. The van der Waals surface area contributed by atoms with Gasteiger partial charge in [0.05, 0.1) is 16.7 Å². The van der Waals surface area contributed by atoms with Crippen LogP contribution in [0.15, 0.2) is 30.6 Å². The van der Waals surface area contributed by atoms with E-state index in [0.717, 1.165) is 18.4 Å². The van der Waals surface area contributed by atoms with E-state index >= 15 is 0 Å². The molecule has 3 nitrogen and oxygen atoms in total. The number of nitrogens with zero attached hydrogens (tertiary/aromatic N) is 2. The number of hydrogen-bond acceptors (Lipinski definition) is 4. The minimum atomic E-state index is 0.382. The SMILES string of the molecule is c1ccc([C@@H](NCc2cnc(C3CCC3)s2)C2CCCC2)nc1. The van der Waals surface area contributed by atoms with Crippen LogP contribution >= 0.6 is 11.3 Å². The molecule has 122 valence electrons. The molecule has 1 N–H and O–H groups in total. The summed E-state index contributed by atoms with van der Waals surface area (Å²) in [4.78, 5) is 10.6. The van der Waals surface area contributed by atoms with Gasteiger partial charge in [-0.1, -0.05) is 25.3 Å². The lowest BCUT2D eigenvalue weighted by Crippen LogP contribution is -2.27. The minimum Gasteiger partial charge on any atom is -0.303 e. The molecule has 0 aromatic carbocycles. The Labute approximate surface area is 142 Å². The normalized spacial score (nSPS) is 20.5. The molecule has 2 saturated carbocycles. The van der Waals surface area contributed by atoms with E-state index in [4.69, 9.17) is 0 Å². The van der Waals surface area contributed by atoms with Gasteiger partial charge in [-0.3, -0.25) is 4.98 Å². The Hall–Kier alpha value is -1.26. The van der Waals surface area contributed by atoms with Crippen LogP contribution in [0.4, 0.5) is 0 Å². The standard InChI is InChI=1S/C19H25N3S/c1-2-7-14(6-1)18(17-10-3-4-11-20-17)21-12-16-13-22-19(23-16)15-8-5-9-15/h3-4,10-11,13-15,18,21H,1-2,5-9,12H2/t18-/m0/s1. The van der Waals surface area contributed by atoms with Crippen molar-refractivity contribution < 1.29 is 0 Å². The van der Waals surface area contributed by atoms with Crippen molar-refractivity contribution in [1.82, 2.24) is 15.3 Å². The van der Waals surface area contributed by atoms with Crippen LogP contribution < -0.4 is 5.32 Å². The minimum absolute atomic E-state index is 0.382. The van der Waals surface area contributed by atoms with Gasteiger partial charge in [0.15, 0.2) is 0 Å². The van der Waals surface area contributed by atoms with Gasteiger partial charge >= 0.3 is 0 Å². The molecule has 2 aliphatic carbocycles. The summed E-state index contributed by atoms with van der Waals surface area (Å²) in [6.07, 6.45) is 13.4. The highest BCUT2D eigenvalue weighted by molar-refractivity contribution is 7.11. The van der Waals surface area contributed by atoms with Gasteiger partial charge in [-0.2, -0.15) is 0 Å². The fourth-order valence-electron chi connectivity index (χ4n) is 3.82. The first-order chi connectivity index (χ1) is 11.4. The molecule has 0 aliphatic heterocycles. The third-order valence-electron chi connectivity index (χ3n) is 5.40. The molecule has 0 saturated heterocycles. The monoisotopic (exact) mass is 327 g/mol. The van der Waals surface area contributed by atoms with Gasteiger partial charge in [-0.05, 0) is 43.7 Å². The number of thiazole rings is 1. The Bertz CT molecular complexity index is 615. The molecule has 2 heterocycles. The van der Waals surface area contributed by atoms with Crippen LogP contribution in [0, 0.1) is 5.92 Å². The second-order valence-corrected chi connectivity index (χ2v) is 8.10. The molecule has 2 fully saturated rings. The molecular weight excluding hydrogens is 302 g/mol. The van der Waals surface area contributed by atoms with Crippen molar-refractivity contribution in [2.75, 3.05) is 0 Å². The molecule has 2 aromatic heterocycles. The second-order valence-electron chi connectivity index (χ2n) is 6.95. The molecule has 23 heavy (non-hydrogen) atoms. The molecule has 0 spiro atoms. The molecule has 2 aromatic rings. The summed E-state index contributed by atoms with van der Waals surface area (Å²) in [5.41, 5.74) is 1.20. The Morgan fingerprint density at radius 3 is 2.65 bits per heavy atom. The maximum absolute atomic E-state index is 4.65. The Balaban J connectivity index is 1.43. The van der Waals surface area contributed by atoms with E-state index in [-0.39, 0.29) is 0 Å². The van der Waals surface area contributed by atoms with Crippen LogP contribution in [0.2, 0.25) is 0 Å². The van der Waals surface area contributed by atoms with Crippen molar-refractivity contribution in [2.45, 2.75) is 63.5 Å². The van der Waals surface area contributed by atoms with E-state index in [9.17, 15) is 0 Å². The van der Waals surface area contributed by atoms with Crippen molar-refractivity contribution in [3.63, 3.8) is 0 Å². The second kappa shape index (κ2) is 7.10. The Morgan fingerprint density at radius 2 is 1.96 bits per heavy atom. The first-order valence-electron chi connectivity index (χ1n) is 8.99. The lowest BCUT2D eigenvalue weighted by Gasteiger charge is -2.24. The lowest BCUT2D eigenvalue weighted by molar-refractivity contribution is 0.360. The average molecular weight is 327 g/mol. The van der Waals surface area contributed by atoms with Crippen molar-refractivity contribution >= 4 is 11.3 Å². The topological polar surface area (TPSA) is 37.8 Å². The highest BCUT2D eigenvalue weighted by Crippen LogP contribution is 2.39. The number of nitrogens with one attached hydrogen (secondary N) is 1. The van der Waals surface area contributed by atoms with Gasteiger partial charge in [-0.25, -0.2) is 4.98 Å². The molecule has 0 unspecified atom stereocenters. The van der Waals surface area contributed by atoms with Crippen molar-refractivity contribution in [3.05, 3.63) is 46.2 Å². The van der Waals surface area contributed by atoms with Crippen LogP contribution in [0.5, 0.6) is 0 Å². The van der Waals surface area contributed by atoms with Gasteiger partial charge in [0.1, 0.15) is 0 Å². The van der Waals surface area contributed by atoms with Gasteiger partial charge < -0.3 is 5.32 Å².